The SMILES string of the molecule is COc1cc(OC)cc(Oc2ccc(Br)cc2C=O)c1. The summed E-state index contributed by atoms with van der Waals surface area (Å²) in [6.45, 7) is 0. The second-order valence-electron chi connectivity index (χ2n) is 3.95. The highest BCUT2D eigenvalue weighted by Gasteiger charge is 2.08. The minimum atomic E-state index is 0.459. The van der Waals surface area contributed by atoms with E-state index < -0.39 is 0 Å². The molecule has 0 heterocycles. The van der Waals surface area contributed by atoms with Crippen molar-refractivity contribution in [3.05, 3.63) is 46.4 Å². The Morgan fingerprint density at radius 3 is 2.10 bits per heavy atom. The maximum Gasteiger partial charge on any atom is 0.153 e. The van der Waals surface area contributed by atoms with Crippen LogP contribution in [0.1, 0.15) is 10.4 Å². The maximum atomic E-state index is 11.1. The van der Waals surface area contributed by atoms with E-state index >= 15 is 0 Å². The summed E-state index contributed by atoms with van der Waals surface area (Å²) < 4.78 is 16.9. The Hall–Kier alpha value is -2.01. The van der Waals surface area contributed by atoms with Gasteiger partial charge in [-0.1, -0.05) is 15.9 Å². The smallest absolute Gasteiger partial charge is 0.153 e. The van der Waals surface area contributed by atoms with Crippen molar-refractivity contribution >= 4 is 22.2 Å². The summed E-state index contributed by atoms with van der Waals surface area (Å²) in [6.07, 6.45) is 0.748. The van der Waals surface area contributed by atoms with Gasteiger partial charge in [0.25, 0.3) is 0 Å². The minimum absolute atomic E-state index is 0.459. The molecule has 0 amide bonds. The normalized spacial score (nSPS) is 9.95. The molecule has 2 aromatic carbocycles. The number of aldehydes is 1. The van der Waals surface area contributed by atoms with Crippen molar-refractivity contribution < 1.29 is 19.0 Å². The van der Waals surface area contributed by atoms with Crippen LogP contribution in [0.15, 0.2) is 40.9 Å². The zero-order valence-electron chi connectivity index (χ0n) is 11.1. The van der Waals surface area contributed by atoms with Crippen molar-refractivity contribution in [1.82, 2.24) is 0 Å². The lowest BCUT2D eigenvalue weighted by Gasteiger charge is -2.11. The molecule has 0 fully saturated rings. The van der Waals surface area contributed by atoms with Crippen LogP contribution in [-0.4, -0.2) is 20.5 Å². The minimum Gasteiger partial charge on any atom is -0.496 e. The van der Waals surface area contributed by atoms with E-state index in [0.717, 1.165) is 10.8 Å². The zero-order valence-corrected chi connectivity index (χ0v) is 12.6. The molecule has 0 aromatic heterocycles. The summed E-state index contributed by atoms with van der Waals surface area (Å²) in [6, 6.07) is 10.4. The fraction of sp³-hybridized carbons (Fsp3) is 0.133. The largest absolute Gasteiger partial charge is 0.496 e. The van der Waals surface area contributed by atoms with Crippen molar-refractivity contribution in [2.24, 2.45) is 0 Å². The van der Waals surface area contributed by atoms with Gasteiger partial charge in [0.1, 0.15) is 23.0 Å². The van der Waals surface area contributed by atoms with Crippen LogP contribution in [0, 0.1) is 0 Å². The van der Waals surface area contributed by atoms with Gasteiger partial charge in [-0.2, -0.15) is 0 Å². The Balaban J connectivity index is 2.36. The molecule has 2 aromatic rings. The van der Waals surface area contributed by atoms with Gasteiger partial charge in [0, 0.05) is 22.7 Å². The molecule has 0 aliphatic carbocycles. The number of benzene rings is 2. The van der Waals surface area contributed by atoms with E-state index in [2.05, 4.69) is 15.9 Å². The second kappa shape index (κ2) is 6.43. The monoisotopic (exact) mass is 336 g/mol. The lowest BCUT2D eigenvalue weighted by Crippen LogP contribution is -1.93. The van der Waals surface area contributed by atoms with E-state index in [1.165, 1.54) is 0 Å². The fourth-order valence-electron chi connectivity index (χ4n) is 1.67. The Morgan fingerprint density at radius 2 is 1.55 bits per heavy atom. The van der Waals surface area contributed by atoms with E-state index in [4.69, 9.17) is 14.2 Å². The summed E-state index contributed by atoms with van der Waals surface area (Å²) in [5.74, 6) is 2.23. The number of hydrogen-bond acceptors (Lipinski definition) is 4. The van der Waals surface area contributed by atoms with Crippen LogP contribution >= 0.6 is 15.9 Å². The molecule has 0 atom stereocenters. The van der Waals surface area contributed by atoms with Crippen LogP contribution in [0.2, 0.25) is 0 Å². The summed E-state index contributed by atoms with van der Waals surface area (Å²) in [5.41, 5.74) is 0.459. The van der Waals surface area contributed by atoms with E-state index in [9.17, 15) is 4.79 Å². The predicted molar refractivity (Wildman–Crippen MR) is 79.1 cm³/mol. The molecular weight excluding hydrogens is 324 g/mol. The highest BCUT2D eigenvalue weighted by Crippen LogP contribution is 2.32. The first-order chi connectivity index (χ1) is 9.66. The molecule has 0 aliphatic heterocycles. The van der Waals surface area contributed by atoms with Crippen LogP contribution < -0.4 is 14.2 Å². The average molecular weight is 337 g/mol. The van der Waals surface area contributed by atoms with Gasteiger partial charge in [0.2, 0.25) is 0 Å². The van der Waals surface area contributed by atoms with Gasteiger partial charge >= 0.3 is 0 Å². The van der Waals surface area contributed by atoms with E-state index in [1.807, 2.05) is 0 Å². The van der Waals surface area contributed by atoms with Crippen LogP contribution in [-0.2, 0) is 0 Å². The standard InChI is InChI=1S/C15H13BrO4/c1-18-12-6-13(19-2)8-14(7-12)20-15-4-3-11(16)5-10(15)9-17/h3-9H,1-2H3. The highest BCUT2D eigenvalue weighted by atomic mass is 79.9. The zero-order chi connectivity index (χ0) is 14.5. The number of carbonyl (C=O) groups is 1. The van der Waals surface area contributed by atoms with Crippen molar-refractivity contribution in [3.63, 3.8) is 0 Å². The van der Waals surface area contributed by atoms with Crippen molar-refractivity contribution in [1.29, 1.82) is 0 Å². The molecule has 104 valence electrons. The Labute approximate surface area is 125 Å². The molecule has 20 heavy (non-hydrogen) atoms. The third-order valence-corrected chi connectivity index (χ3v) is 3.14. The van der Waals surface area contributed by atoms with Crippen molar-refractivity contribution in [3.8, 4) is 23.0 Å². The molecule has 5 heteroatoms. The first-order valence-corrected chi connectivity index (χ1v) is 6.61. The molecule has 0 aliphatic rings. The molecule has 0 spiro atoms. The second-order valence-corrected chi connectivity index (χ2v) is 4.87. The molecule has 0 saturated heterocycles. The number of carbonyl (C=O) groups excluding carboxylic acids is 1. The van der Waals surface area contributed by atoms with E-state index in [0.29, 0.717) is 28.6 Å². The summed E-state index contributed by atoms with van der Waals surface area (Å²) in [4.78, 5) is 11.1. The number of halogens is 1. The maximum absolute atomic E-state index is 11.1. The van der Waals surface area contributed by atoms with Crippen LogP contribution in [0.5, 0.6) is 23.0 Å². The first kappa shape index (κ1) is 14.4. The molecule has 2 rings (SSSR count). The Morgan fingerprint density at radius 1 is 0.950 bits per heavy atom. The number of rotatable bonds is 5. The third kappa shape index (κ3) is 3.30. The van der Waals surface area contributed by atoms with Crippen molar-refractivity contribution in [2.45, 2.75) is 0 Å². The molecule has 0 saturated carbocycles. The third-order valence-electron chi connectivity index (χ3n) is 2.65. The van der Waals surface area contributed by atoms with Crippen LogP contribution in [0.3, 0.4) is 0 Å². The number of ether oxygens (including phenoxy) is 3. The number of hydrogen-bond donors (Lipinski definition) is 0. The van der Waals surface area contributed by atoms with Gasteiger partial charge < -0.3 is 14.2 Å². The molecule has 0 bridgehead atoms. The summed E-state index contributed by atoms with van der Waals surface area (Å²) in [7, 11) is 3.13. The van der Waals surface area contributed by atoms with Crippen molar-refractivity contribution in [2.75, 3.05) is 14.2 Å². The van der Waals surface area contributed by atoms with Gasteiger partial charge in [-0.3, -0.25) is 4.79 Å². The van der Waals surface area contributed by atoms with E-state index in [1.54, 1.807) is 50.6 Å². The molecule has 4 nitrogen and oxygen atoms in total. The molecule has 0 N–H and O–H groups in total. The van der Waals surface area contributed by atoms with Gasteiger partial charge in [-0.15, -0.1) is 0 Å². The van der Waals surface area contributed by atoms with Gasteiger partial charge in [0.05, 0.1) is 19.8 Å². The van der Waals surface area contributed by atoms with Gasteiger partial charge in [-0.25, -0.2) is 0 Å². The topological polar surface area (TPSA) is 44.8 Å². The highest BCUT2D eigenvalue weighted by molar-refractivity contribution is 9.10. The summed E-state index contributed by atoms with van der Waals surface area (Å²) in [5, 5.41) is 0. The van der Waals surface area contributed by atoms with Gasteiger partial charge in [-0.05, 0) is 18.2 Å². The molecule has 0 radical (unpaired) electrons. The lowest BCUT2D eigenvalue weighted by molar-refractivity contribution is 0.112. The van der Waals surface area contributed by atoms with Gasteiger partial charge in [0.15, 0.2) is 6.29 Å². The van der Waals surface area contributed by atoms with Crippen LogP contribution in [0.4, 0.5) is 0 Å². The molecule has 0 unspecified atom stereocenters. The lowest BCUT2D eigenvalue weighted by atomic mass is 10.2. The summed E-state index contributed by atoms with van der Waals surface area (Å²) >= 11 is 3.31. The average Bonchev–Trinajstić information content (AvgIpc) is 2.48. The number of methoxy groups -OCH3 is 2. The predicted octanol–water partition coefficient (Wildman–Crippen LogP) is 4.07. The quantitative estimate of drug-likeness (QED) is 0.772. The fourth-order valence-corrected chi connectivity index (χ4v) is 2.05. The first-order valence-electron chi connectivity index (χ1n) is 5.82. The Kier molecular flexibility index (Phi) is 4.63. The Bertz CT molecular complexity index is 603. The van der Waals surface area contributed by atoms with E-state index in [-0.39, 0.29) is 0 Å². The molecular formula is C15H13BrO4. The van der Waals surface area contributed by atoms with Crippen LogP contribution in [0.25, 0.3) is 0 Å².